The molecule has 1 aromatic carbocycles. The highest BCUT2D eigenvalue weighted by molar-refractivity contribution is 5.39. The van der Waals surface area contributed by atoms with Crippen LogP contribution in [0.4, 0.5) is 0 Å². The molecule has 0 saturated carbocycles. The van der Waals surface area contributed by atoms with Gasteiger partial charge in [-0.25, -0.2) is 0 Å². The Kier molecular flexibility index (Phi) is 7.54. The Bertz CT molecular complexity index is 397. The molecule has 114 valence electrons. The second-order valence-electron chi connectivity index (χ2n) is 4.77. The van der Waals surface area contributed by atoms with Gasteiger partial charge in [0.05, 0.1) is 33.0 Å². The van der Waals surface area contributed by atoms with Gasteiger partial charge in [-0.2, -0.15) is 0 Å². The third kappa shape index (κ3) is 5.09. The third-order valence-corrected chi connectivity index (χ3v) is 3.13. The molecule has 0 bridgehead atoms. The summed E-state index contributed by atoms with van der Waals surface area (Å²) in [4.78, 5) is 0. The molecule has 5 heteroatoms. The van der Waals surface area contributed by atoms with Crippen LogP contribution in [-0.2, 0) is 4.74 Å². The van der Waals surface area contributed by atoms with E-state index in [4.69, 9.17) is 14.6 Å². The van der Waals surface area contributed by atoms with Crippen molar-refractivity contribution in [2.75, 3.05) is 33.5 Å². The van der Waals surface area contributed by atoms with E-state index in [2.05, 4.69) is 5.32 Å². The third-order valence-electron chi connectivity index (χ3n) is 3.13. The number of methoxy groups -OCH3 is 1. The first-order valence-electron chi connectivity index (χ1n) is 6.84. The van der Waals surface area contributed by atoms with E-state index in [0.717, 1.165) is 11.1 Å². The first kappa shape index (κ1) is 16.9. The molecule has 0 spiro atoms. The highest BCUT2D eigenvalue weighted by atomic mass is 16.5. The van der Waals surface area contributed by atoms with Gasteiger partial charge in [-0.1, -0.05) is 11.6 Å². The summed E-state index contributed by atoms with van der Waals surface area (Å²) in [5, 5.41) is 22.2. The predicted octanol–water partition coefficient (Wildman–Crippen LogP) is 1.02. The normalized spacial score (nSPS) is 14.1. The summed E-state index contributed by atoms with van der Waals surface area (Å²) >= 11 is 0. The fourth-order valence-electron chi connectivity index (χ4n) is 1.99. The Hall–Kier alpha value is -1.14. The number of aryl methyl sites for hydroxylation is 1. The number of ether oxygens (including phenoxy) is 2. The molecule has 3 N–H and O–H groups in total. The minimum absolute atomic E-state index is 0.0265. The van der Waals surface area contributed by atoms with Crippen molar-refractivity contribution in [1.29, 1.82) is 0 Å². The molecule has 0 fully saturated rings. The van der Waals surface area contributed by atoms with Crippen LogP contribution in [0.25, 0.3) is 0 Å². The highest BCUT2D eigenvalue weighted by Crippen LogP contribution is 2.28. The van der Waals surface area contributed by atoms with Gasteiger partial charge < -0.3 is 25.0 Å². The molecule has 0 aliphatic heterocycles. The SMILES string of the molecule is COc1ccc(C)cc1C(O)C(C)NCCOCCO. The molecular weight excluding hydrogens is 258 g/mol. The second-order valence-corrected chi connectivity index (χ2v) is 4.77. The van der Waals surface area contributed by atoms with E-state index in [1.165, 1.54) is 0 Å². The van der Waals surface area contributed by atoms with Gasteiger partial charge in [0.2, 0.25) is 0 Å². The van der Waals surface area contributed by atoms with Crippen molar-refractivity contribution in [3.8, 4) is 5.75 Å². The highest BCUT2D eigenvalue weighted by Gasteiger charge is 2.19. The van der Waals surface area contributed by atoms with E-state index in [0.29, 0.717) is 25.5 Å². The molecule has 5 nitrogen and oxygen atoms in total. The summed E-state index contributed by atoms with van der Waals surface area (Å²) < 4.78 is 10.5. The van der Waals surface area contributed by atoms with Crippen molar-refractivity contribution < 1.29 is 19.7 Å². The molecule has 0 saturated heterocycles. The Labute approximate surface area is 120 Å². The van der Waals surface area contributed by atoms with Gasteiger partial charge in [0.25, 0.3) is 0 Å². The van der Waals surface area contributed by atoms with Gasteiger partial charge in [0.1, 0.15) is 5.75 Å². The van der Waals surface area contributed by atoms with E-state index in [9.17, 15) is 5.11 Å². The minimum Gasteiger partial charge on any atom is -0.496 e. The zero-order valence-electron chi connectivity index (χ0n) is 12.4. The van der Waals surface area contributed by atoms with E-state index >= 15 is 0 Å². The van der Waals surface area contributed by atoms with Crippen molar-refractivity contribution in [2.24, 2.45) is 0 Å². The smallest absolute Gasteiger partial charge is 0.124 e. The molecule has 0 radical (unpaired) electrons. The summed E-state index contributed by atoms with van der Waals surface area (Å²) in [5.74, 6) is 0.688. The summed E-state index contributed by atoms with van der Waals surface area (Å²) in [6.07, 6.45) is -0.650. The van der Waals surface area contributed by atoms with Crippen molar-refractivity contribution in [3.05, 3.63) is 29.3 Å². The average molecular weight is 283 g/mol. The number of nitrogens with one attached hydrogen (secondary N) is 1. The summed E-state index contributed by atoms with van der Waals surface area (Å²) in [7, 11) is 1.60. The van der Waals surface area contributed by atoms with Crippen LogP contribution < -0.4 is 10.1 Å². The van der Waals surface area contributed by atoms with E-state index < -0.39 is 6.10 Å². The van der Waals surface area contributed by atoms with Gasteiger partial charge in [0.15, 0.2) is 0 Å². The number of benzene rings is 1. The predicted molar refractivity (Wildman–Crippen MR) is 78.1 cm³/mol. The largest absolute Gasteiger partial charge is 0.496 e. The lowest BCUT2D eigenvalue weighted by Crippen LogP contribution is -2.34. The topological polar surface area (TPSA) is 71.0 Å². The Morgan fingerprint density at radius 1 is 1.30 bits per heavy atom. The molecule has 0 aliphatic rings. The van der Waals surface area contributed by atoms with E-state index in [1.54, 1.807) is 7.11 Å². The molecule has 1 rings (SSSR count). The maximum atomic E-state index is 10.4. The number of hydrogen-bond acceptors (Lipinski definition) is 5. The molecule has 2 unspecified atom stereocenters. The zero-order chi connectivity index (χ0) is 15.0. The van der Waals surface area contributed by atoms with Crippen LogP contribution in [0.2, 0.25) is 0 Å². The van der Waals surface area contributed by atoms with Crippen LogP contribution in [0.15, 0.2) is 18.2 Å². The lowest BCUT2D eigenvalue weighted by molar-refractivity contribution is 0.0845. The summed E-state index contributed by atoms with van der Waals surface area (Å²) in [5.41, 5.74) is 1.86. The van der Waals surface area contributed by atoms with Crippen LogP contribution in [0.1, 0.15) is 24.2 Å². The molecular formula is C15H25NO4. The molecule has 0 aromatic heterocycles. The van der Waals surface area contributed by atoms with E-state index in [1.807, 2.05) is 32.0 Å². The molecule has 0 heterocycles. The van der Waals surface area contributed by atoms with Crippen LogP contribution in [-0.4, -0.2) is 49.7 Å². The summed E-state index contributed by atoms with van der Waals surface area (Å²) in [6.45, 7) is 5.38. The molecule has 1 aromatic rings. The fraction of sp³-hybridized carbons (Fsp3) is 0.600. The summed E-state index contributed by atoms with van der Waals surface area (Å²) in [6, 6.07) is 5.63. The van der Waals surface area contributed by atoms with Gasteiger partial charge in [-0.05, 0) is 26.0 Å². The van der Waals surface area contributed by atoms with Crippen LogP contribution in [0, 0.1) is 6.92 Å². The number of rotatable bonds is 9. The quantitative estimate of drug-likeness (QED) is 0.590. The monoisotopic (exact) mass is 283 g/mol. The van der Waals surface area contributed by atoms with Gasteiger partial charge in [0, 0.05) is 18.2 Å². The standard InChI is InChI=1S/C15H25NO4/c1-11-4-5-14(19-3)13(10-11)15(18)12(2)16-6-8-20-9-7-17/h4-5,10,12,15-18H,6-9H2,1-3H3. The van der Waals surface area contributed by atoms with Crippen molar-refractivity contribution >= 4 is 0 Å². The van der Waals surface area contributed by atoms with Gasteiger partial charge in [-0.15, -0.1) is 0 Å². The molecule has 0 aliphatic carbocycles. The van der Waals surface area contributed by atoms with Crippen LogP contribution in [0.3, 0.4) is 0 Å². The van der Waals surface area contributed by atoms with Crippen molar-refractivity contribution in [1.82, 2.24) is 5.32 Å². The first-order chi connectivity index (χ1) is 9.60. The molecule has 2 atom stereocenters. The van der Waals surface area contributed by atoms with Crippen LogP contribution in [0.5, 0.6) is 5.75 Å². The molecule has 20 heavy (non-hydrogen) atoms. The van der Waals surface area contributed by atoms with Crippen molar-refractivity contribution in [2.45, 2.75) is 26.0 Å². The second kappa shape index (κ2) is 8.92. The van der Waals surface area contributed by atoms with E-state index in [-0.39, 0.29) is 12.6 Å². The van der Waals surface area contributed by atoms with Crippen LogP contribution >= 0.6 is 0 Å². The number of aliphatic hydroxyl groups excluding tert-OH is 2. The maximum absolute atomic E-state index is 10.4. The number of aliphatic hydroxyl groups is 2. The average Bonchev–Trinajstić information content (AvgIpc) is 2.46. The lowest BCUT2D eigenvalue weighted by atomic mass is 10.0. The lowest BCUT2D eigenvalue weighted by Gasteiger charge is -2.22. The first-order valence-corrected chi connectivity index (χ1v) is 6.84. The Morgan fingerprint density at radius 3 is 2.70 bits per heavy atom. The Morgan fingerprint density at radius 2 is 2.05 bits per heavy atom. The molecule has 0 amide bonds. The fourth-order valence-corrected chi connectivity index (χ4v) is 1.99. The Balaban J connectivity index is 2.55. The van der Waals surface area contributed by atoms with Gasteiger partial charge in [-0.3, -0.25) is 0 Å². The zero-order valence-corrected chi connectivity index (χ0v) is 12.4. The maximum Gasteiger partial charge on any atom is 0.124 e. The van der Waals surface area contributed by atoms with Crippen molar-refractivity contribution in [3.63, 3.8) is 0 Å². The minimum atomic E-state index is -0.650. The van der Waals surface area contributed by atoms with Gasteiger partial charge >= 0.3 is 0 Å². The number of hydrogen-bond donors (Lipinski definition) is 3.